The van der Waals surface area contributed by atoms with Crippen molar-refractivity contribution in [1.29, 1.82) is 0 Å². The first kappa shape index (κ1) is 45.0. The number of amides is 1. The van der Waals surface area contributed by atoms with Crippen molar-refractivity contribution in [3.8, 4) is 0 Å². The molecule has 0 aromatic heterocycles. The third-order valence-corrected chi connectivity index (χ3v) is 9.26. The normalized spacial score (nSPS) is 14.6. The van der Waals surface area contributed by atoms with Crippen LogP contribution in [0.5, 0.6) is 0 Å². The number of aliphatic hydroxyl groups is 1. The number of carbonyl (C=O) groups excluding carboxylic acids is 1. The fraction of sp³-hybridized carbons (Fsp3) is 0.865. The van der Waals surface area contributed by atoms with E-state index in [-0.39, 0.29) is 25.7 Å². The first-order valence-corrected chi connectivity index (χ1v) is 20.5. The van der Waals surface area contributed by atoms with E-state index in [1.807, 2.05) is 6.08 Å². The molecule has 8 nitrogen and oxygen atoms in total. The summed E-state index contributed by atoms with van der Waals surface area (Å²) in [5.74, 6) is -0.205. The van der Waals surface area contributed by atoms with Gasteiger partial charge in [0.2, 0.25) is 5.91 Å². The Morgan fingerprint density at radius 1 is 0.696 bits per heavy atom. The lowest BCUT2D eigenvalue weighted by atomic mass is 10.0. The minimum absolute atomic E-state index is 0.0755. The Kier molecular flexibility index (Phi) is 33.1. The highest BCUT2D eigenvalue weighted by Crippen LogP contribution is 2.43. The Balaban J connectivity index is 4.35. The van der Waals surface area contributed by atoms with Gasteiger partial charge in [-0.2, -0.15) is 0 Å². The maximum absolute atomic E-state index is 12.7. The second kappa shape index (κ2) is 33.9. The topological polar surface area (TPSA) is 131 Å². The molecule has 0 heterocycles. The van der Waals surface area contributed by atoms with E-state index in [4.69, 9.17) is 14.8 Å². The standard InChI is InChI=1S/C37H73N2O6P/c1-3-5-7-9-11-13-15-17-19-21-23-25-27-29-31-37(41)39-35(34-45-46(42,43)44-33-32-38)36(40)30-28-26-24-22-20-18-16-14-12-10-8-6-4-2/h20,22,28,30,35-36,40H,3-19,21,23-27,29,31-34,38H2,1-2H3,(H,39,41)(H,42,43)/b22-20+,30-28+. The van der Waals surface area contributed by atoms with Crippen LogP contribution in [0.15, 0.2) is 24.3 Å². The molecule has 0 spiro atoms. The number of rotatable bonds is 35. The highest BCUT2D eigenvalue weighted by Gasteiger charge is 2.26. The molecule has 5 N–H and O–H groups in total. The van der Waals surface area contributed by atoms with Gasteiger partial charge in [-0.3, -0.25) is 13.8 Å². The average Bonchev–Trinajstić information content (AvgIpc) is 3.04. The molecule has 0 fully saturated rings. The number of carbonyl (C=O) groups is 1. The van der Waals surface area contributed by atoms with Crippen LogP contribution in [0.1, 0.15) is 174 Å². The predicted octanol–water partition coefficient (Wildman–Crippen LogP) is 9.83. The molecule has 0 aromatic carbocycles. The van der Waals surface area contributed by atoms with Crippen LogP contribution >= 0.6 is 7.82 Å². The summed E-state index contributed by atoms with van der Waals surface area (Å²) in [5, 5.41) is 13.6. The fourth-order valence-electron chi connectivity index (χ4n) is 5.38. The van der Waals surface area contributed by atoms with E-state index in [1.165, 1.54) is 116 Å². The summed E-state index contributed by atoms with van der Waals surface area (Å²) in [4.78, 5) is 22.6. The van der Waals surface area contributed by atoms with Crippen molar-refractivity contribution in [1.82, 2.24) is 5.32 Å². The maximum atomic E-state index is 12.7. The van der Waals surface area contributed by atoms with Gasteiger partial charge in [0.25, 0.3) is 0 Å². The third-order valence-electron chi connectivity index (χ3n) is 8.28. The zero-order valence-corrected chi connectivity index (χ0v) is 30.7. The second-order valence-electron chi connectivity index (χ2n) is 12.8. The molecule has 0 aliphatic carbocycles. The van der Waals surface area contributed by atoms with Gasteiger partial charge in [-0.25, -0.2) is 4.57 Å². The van der Waals surface area contributed by atoms with Crippen LogP contribution in [0, 0.1) is 0 Å². The van der Waals surface area contributed by atoms with Crippen LogP contribution < -0.4 is 11.1 Å². The second-order valence-corrected chi connectivity index (χ2v) is 14.2. The lowest BCUT2D eigenvalue weighted by molar-refractivity contribution is -0.123. The maximum Gasteiger partial charge on any atom is 0.472 e. The zero-order valence-electron chi connectivity index (χ0n) is 29.8. The van der Waals surface area contributed by atoms with Gasteiger partial charge in [0.1, 0.15) is 0 Å². The smallest absolute Gasteiger partial charge is 0.387 e. The molecule has 46 heavy (non-hydrogen) atoms. The van der Waals surface area contributed by atoms with Crippen LogP contribution in [0.2, 0.25) is 0 Å². The van der Waals surface area contributed by atoms with E-state index in [0.29, 0.717) is 6.42 Å². The third kappa shape index (κ3) is 31.6. The summed E-state index contributed by atoms with van der Waals surface area (Å²) in [7, 11) is -4.33. The Hall–Kier alpha value is -1.02. The SMILES string of the molecule is CCCCCCCCC/C=C/CC/C=C/C(O)C(COP(=O)(O)OCCN)NC(=O)CCCCCCCCCCCCCCCC. The molecule has 0 saturated carbocycles. The molecule has 1 amide bonds. The van der Waals surface area contributed by atoms with Crippen molar-refractivity contribution in [2.45, 2.75) is 187 Å². The quantitative estimate of drug-likeness (QED) is 0.0299. The molecule has 0 aliphatic rings. The van der Waals surface area contributed by atoms with Crippen molar-refractivity contribution in [2.75, 3.05) is 19.8 Å². The van der Waals surface area contributed by atoms with Gasteiger partial charge in [0.05, 0.1) is 25.4 Å². The van der Waals surface area contributed by atoms with Crippen LogP contribution in [-0.2, 0) is 18.4 Å². The van der Waals surface area contributed by atoms with Gasteiger partial charge in [0.15, 0.2) is 0 Å². The van der Waals surface area contributed by atoms with Crippen LogP contribution in [-0.4, -0.2) is 47.8 Å². The summed E-state index contributed by atoms with van der Waals surface area (Å²) in [5.41, 5.74) is 5.35. The average molecular weight is 673 g/mol. The van der Waals surface area contributed by atoms with Crippen LogP contribution in [0.3, 0.4) is 0 Å². The van der Waals surface area contributed by atoms with E-state index in [2.05, 4.69) is 31.3 Å². The summed E-state index contributed by atoms with van der Waals surface area (Å²) >= 11 is 0. The molecule has 0 radical (unpaired) electrons. The Morgan fingerprint density at radius 3 is 1.67 bits per heavy atom. The number of nitrogens with one attached hydrogen (secondary N) is 1. The highest BCUT2D eigenvalue weighted by atomic mass is 31.2. The predicted molar refractivity (Wildman–Crippen MR) is 194 cm³/mol. The summed E-state index contributed by atoms with van der Waals surface area (Å²) in [6, 6.07) is -0.870. The zero-order chi connectivity index (χ0) is 34.0. The molecule has 272 valence electrons. The first-order chi connectivity index (χ1) is 22.4. The molecule has 3 atom stereocenters. The Bertz CT molecular complexity index is 779. The van der Waals surface area contributed by atoms with E-state index >= 15 is 0 Å². The van der Waals surface area contributed by atoms with E-state index in [1.54, 1.807) is 6.08 Å². The minimum Gasteiger partial charge on any atom is -0.387 e. The molecular formula is C37H73N2O6P. The minimum atomic E-state index is -4.33. The van der Waals surface area contributed by atoms with E-state index in [9.17, 15) is 19.4 Å². The Morgan fingerprint density at radius 2 is 1.15 bits per heavy atom. The van der Waals surface area contributed by atoms with Crippen LogP contribution in [0.4, 0.5) is 0 Å². The monoisotopic (exact) mass is 673 g/mol. The lowest BCUT2D eigenvalue weighted by Crippen LogP contribution is -2.45. The summed E-state index contributed by atoms with van der Waals surface area (Å²) in [6.45, 7) is 4.09. The molecule has 0 bridgehead atoms. The molecule has 0 aromatic rings. The van der Waals surface area contributed by atoms with Crippen molar-refractivity contribution < 1.29 is 28.4 Å². The van der Waals surface area contributed by atoms with Crippen molar-refractivity contribution >= 4 is 13.7 Å². The van der Waals surface area contributed by atoms with E-state index in [0.717, 1.165) is 38.5 Å². The number of phosphoric acid groups is 1. The largest absolute Gasteiger partial charge is 0.472 e. The number of allylic oxidation sites excluding steroid dienone is 3. The summed E-state index contributed by atoms with van der Waals surface area (Å²) in [6.07, 6.45) is 36.5. The summed E-state index contributed by atoms with van der Waals surface area (Å²) < 4.78 is 22.0. The molecular weight excluding hydrogens is 599 g/mol. The molecule has 0 saturated heterocycles. The lowest BCUT2D eigenvalue weighted by Gasteiger charge is -2.23. The molecule has 9 heteroatoms. The van der Waals surface area contributed by atoms with Crippen molar-refractivity contribution in [2.24, 2.45) is 5.73 Å². The van der Waals surface area contributed by atoms with Crippen molar-refractivity contribution in [3.05, 3.63) is 24.3 Å². The number of nitrogens with two attached hydrogens (primary N) is 1. The number of hydrogen-bond acceptors (Lipinski definition) is 6. The Labute approximate surface area is 283 Å². The highest BCUT2D eigenvalue weighted by molar-refractivity contribution is 7.47. The first-order valence-electron chi connectivity index (χ1n) is 19.0. The van der Waals surface area contributed by atoms with Gasteiger partial charge in [-0.1, -0.05) is 160 Å². The van der Waals surface area contributed by atoms with Gasteiger partial charge >= 0.3 is 7.82 Å². The number of hydrogen-bond donors (Lipinski definition) is 4. The fourth-order valence-corrected chi connectivity index (χ4v) is 6.14. The molecule has 0 aliphatic heterocycles. The van der Waals surface area contributed by atoms with Gasteiger partial charge in [-0.05, 0) is 32.1 Å². The molecule has 3 unspecified atom stereocenters. The number of aliphatic hydroxyl groups excluding tert-OH is 1. The van der Waals surface area contributed by atoms with Gasteiger partial charge < -0.3 is 21.1 Å². The van der Waals surface area contributed by atoms with Crippen molar-refractivity contribution in [3.63, 3.8) is 0 Å². The molecule has 0 rings (SSSR count). The number of unbranched alkanes of at least 4 members (excludes halogenated alkanes) is 21. The van der Waals surface area contributed by atoms with Gasteiger partial charge in [0, 0.05) is 13.0 Å². The van der Waals surface area contributed by atoms with Crippen LogP contribution in [0.25, 0.3) is 0 Å². The van der Waals surface area contributed by atoms with Gasteiger partial charge in [-0.15, -0.1) is 0 Å². The number of phosphoric ester groups is 1. The van der Waals surface area contributed by atoms with E-state index < -0.39 is 20.0 Å².